The molecule has 4 aromatic carbocycles. The molecule has 0 saturated carbocycles. The van der Waals surface area contributed by atoms with E-state index in [2.05, 4.69) is 98.9 Å². The smallest absolute Gasteiger partial charge is 0.0809 e. The molecular formula is C22H24Cl2SiZr. The van der Waals surface area contributed by atoms with Crippen LogP contribution in [-0.4, -0.2) is 9.52 Å². The van der Waals surface area contributed by atoms with Gasteiger partial charge in [0.25, 0.3) is 0 Å². The second-order valence-corrected chi connectivity index (χ2v) is 10.3. The summed E-state index contributed by atoms with van der Waals surface area (Å²) in [5, 5.41) is 5.39. The Labute approximate surface area is 178 Å². The average molecular weight is 479 g/mol. The minimum absolute atomic E-state index is 0.826. The van der Waals surface area contributed by atoms with Gasteiger partial charge in [-0.1, -0.05) is 32.2 Å². The molecule has 134 valence electrons. The number of aryl methyl sites for hydroxylation is 1. The van der Waals surface area contributed by atoms with E-state index in [4.69, 9.17) is 17.0 Å². The van der Waals surface area contributed by atoms with Crippen molar-refractivity contribution in [3.05, 3.63) is 84.4 Å². The first-order valence-electron chi connectivity index (χ1n) is 8.49. The number of rotatable bonds is 1. The van der Waals surface area contributed by atoms with Gasteiger partial charge in [-0.2, -0.15) is 23.6 Å². The van der Waals surface area contributed by atoms with Crippen LogP contribution in [-0.2, 0) is 27.3 Å². The zero-order chi connectivity index (χ0) is 19.2. The summed E-state index contributed by atoms with van der Waals surface area (Å²) in [4.78, 5) is 0. The molecule has 0 amide bonds. The maximum absolute atomic E-state index is 4.93. The molecule has 26 heavy (non-hydrogen) atoms. The SMILES string of the molecule is CCc1cc2ccccc2[cH-]1.C[Si]C.[Cl][Zr+2][Cl].c1ccc2[cH-]ccc2c1. The second-order valence-electron chi connectivity index (χ2n) is 5.57. The Morgan fingerprint density at radius 1 is 0.885 bits per heavy atom. The molecule has 0 fully saturated rings. The maximum Gasteiger partial charge on any atom is -0.0809 e. The molecule has 0 N–H and O–H groups in total. The largest absolute Gasteiger partial charge is 0.168 e. The van der Waals surface area contributed by atoms with Crippen LogP contribution < -0.4 is 0 Å². The third kappa shape index (κ3) is 8.35. The van der Waals surface area contributed by atoms with Gasteiger partial charge in [0.2, 0.25) is 0 Å². The Hall–Kier alpha value is -0.660. The fourth-order valence-electron chi connectivity index (χ4n) is 2.49. The predicted molar refractivity (Wildman–Crippen MR) is 118 cm³/mol. The van der Waals surface area contributed by atoms with E-state index in [1.807, 2.05) is 0 Å². The molecule has 0 saturated heterocycles. The van der Waals surface area contributed by atoms with Gasteiger partial charge in [-0.05, 0) is 6.42 Å². The Kier molecular flexibility index (Phi) is 13.0. The number of hydrogen-bond acceptors (Lipinski definition) is 0. The second kappa shape index (κ2) is 14.4. The van der Waals surface area contributed by atoms with Crippen molar-refractivity contribution in [1.82, 2.24) is 0 Å². The maximum atomic E-state index is 4.93. The normalized spacial score (nSPS) is 9.12. The molecule has 0 nitrogen and oxygen atoms in total. The zero-order valence-corrected chi connectivity index (χ0v) is 20.4. The van der Waals surface area contributed by atoms with Crippen molar-refractivity contribution >= 4 is 48.1 Å². The number of benzene rings is 2. The van der Waals surface area contributed by atoms with Crippen molar-refractivity contribution in [3.63, 3.8) is 0 Å². The van der Waals surface area contributed by atoms with E-state index < -0.39 is 20.8 Å². The molecule has 0 heterocycles. The molecule has 4 aromatic rings. The Morgan fingerprint density at radius 2 is 1.42 bits per heavy atom. The Morgan fingerprint density at radius 3 is 1.96 bits per heavy atom. The third-order valence-electron chi connectivity index (χ3n) is 3.63. The van der Waals surface area contributed by atoms with Gasteiger partial charge in [-0.3, -0.25) is 0 Å². The van der Waals surface area contributed by atoms with Gasteiger partial charge in [0.1, 0.15) is 0 Å². The molecule has 0 aromatic heterocycles. The summed E-state index contributed by atoms with van der Waals surface area (Å²) >= 11 is -0.826. The van der Waals surface area contributed by atoms with Gasteiger partial charge in [-0.25, -0.2) is 0 Å². The van der Waals surface area contributed by atoms with Gasteiger partial charge in [0.15, 0.2) is 0 Å². The van der Waals surface area contributed by atoms with Crippen LogP contribution in [0.4, 0.5) is 0 Å². The molecule has 0 spiro atoms. The molecule has 0 aliphatic heterocycles. The predicted octanol–water partition coefficient (Wildman–Crippen LogP) is 7.84. The summed E-state index contributed by atoms with van der Waals surface area (Å²) < 4.78 is 0. The summed E-state index contributed by atoms with van der Waals surface area (Å²) in [5.74, 6) is 0. The number of halogens is 2. The van der Waals surface area contributed by atoms with Gasteiger partial charge in [0.05, 0.1) is 0 Å². The molecule has 0 bridgehead atoms. The van der Waals surface area contributed by atoms with Crippen molar-refractivity contribution in [2.75, 3.05) is 0 Å². The van der Waals surface area contributed by atoms with Crippen molar-refractivity contribution in [2.45, 2.75) is 26.4 Å². The van der Waals surface area contributed by atoms with E-state index >= 15 is 0 Å². The summed E-state index contributed by atoms with van der Waals surface area (Å²) in [6.45, 7) is 6.49. The van der Waals surface area contributed by atoms with Gasteiger partial charge >= 0.3 is 37.9 Å². The van der Waals surface area contributed by atoms with Crippen LogP contribution in [0.15, 0.2) is 78.9 Å². The number of fused-ring (bicyclic) bond motifs is 2. The van der Waals surface area contributed by atoms with Crippen LogP contribution >= 0.6 is 17.0 Å². The Bertz CT molecular complexity index is 786. The first-order valence-corrected chi connectivity index (χ1v) is 16.8. The van der Waals surface area contributed by atoms with Crippen molar-refractivity contribution < 1.29 is 20.8 Å². The summed E-state index contributed by atoms with van der Waals surface area (Å²) in [5.41, 5.74) is 1.44. The third-order valence-corrected chi connectivity index (χ3v) is 3.63. The molecular weight excluding hydrogens is 454 g/mol. The molecule has 4 heteroatoms. The van der Waals surface area contributed by atoms with Crippen LogP contribution in [0.1, 0.15) is 12.5 Å². The standard InChI is InChI=1S/C11H11.C9H7.C2H6Si.2ClH.Zr/c1-2-9-7-10-5-3-4-6-11(10)8-9;1-2-5-9-7-3-6-8(9)4-1;1-3-2;;;/h3-8H,2H2,1H3;1-7H;1-2H3;2*1H;/q2*-1;;;;+4/p-2. The van der Waals surface area contributed by atoms with Crippen LogP contribution in [0.3, 0.4) is 0 Å². The van der Waals surface area contributed by atoms with Crippen LogP contribution in [0, 0.1) is 0 Å². The molecule has 0 aliphatic rings. The minimum atomic E-state index is -0.826. The summed E-state index contributed by atoms with van der Waals surface area (Å²) in [6, 6.07) is 27.7. The average Bonchev–Trinajstić information content (AvgIpc) is 3.30. The molecule has 2 radical (unpaired) electrons. The Balaban J connectivity index is 0.000000203. The van der Waals surface area contributed by atoms with Crippen LogP contribution in [0.5, 0.6) is 0 Å². The van der Waals surface area contributed by atoms with Crippen LogP contribution in [0.2, 0.25) is 13.1 Å². The first kappa shape index (κ1) is 23.4. The monoisotopic (exact) mass is 476 g/mol. The van der Waals surface area contributed by atoms with Crippen LogP contribution in [0.25, 0.3) is 21.5 Å². The molecule has 4 rings (SSSR count). The van der Waals surface area contributed by atoms with E-state index in [-0.39, 0.29) is 0 Å². The fourth-order valence-corrected chi connectivity index (χ4v) is 2.49. The van der Waals surface area contributed by atoms with Gasteiger partial charge in [-0.15, -0.1) is 70.3 Å². The van der Waals surface area contributed by atoms with Crippen molar-refractivity contribution in [2.24, 2.45) is 0 Å². The minimum Gasteiger partial charge on any atom is -0.168 e. The topological polar surface area (TPSA) is 0 Å². The van der Waals surface area contributed by atoms with Gasteiger partial charge in [0, 0.05) is 9.52 Å². The van der Waals surface area contributed by atoms with E-state index in [1.165, 1.54) is 27.1 Å². The van der Waals surface area contributed by atoms with Crippen molar-refractivity contribution in [1.29, 1.82) is 0 Å². The quantitative estimate of drug-likeness (QED) is 0.193. The van der Waals surface area contributed by atoms with E-state index in [0.717, 1.165) is 15.9 Å². The van der Waals surface area contributed by atoms with E-state index in [0.29, 0.717) is 0 Å². The van der Waals surface area contributed by atoms with E-state index in [9.17, 15) is 0 Å². The first-order chi connectivity index (χ1) is 12.7. The summed E-state index contributed by atoms with van der Waals surface area (Å²) in [6.07, 6.45) is 1.13. The fraction of sp³-hybridized carbons (Fsp3) is 0.182. The van der Waals surface area contributed by atoms with E-state index in [1.54, 1.807) is 0 Å². The molecule has 0 aliphatic carbocycles. The number of hydrogen-bond donors (Lipinski definition) is 0. The van der Waals surface area contributed by atoms with Crippen molar-refractivity contribution in [3.8, 4) is 0 Å². The summed E-state index contributed by atoms with van der Waals surface area (Å²) in [7, 11) is 11.0. The zero-order valence-electron chi connectivity index (χ0n) is 15.5. The molecule has 0 atom stereocenters. The molecule has 0 unspecified atom stereocenters. The van der Waals surface area contributed by atoms with Gasteiger partial charge < -0.3 is 0 Å².